The van der Waals surface area contributed by atoms with Gasteiger partial charge >= 0.3 is 0 Å². The Labute approximate surface area is 129 Å². The van der Waals surface area contributed by atoms with Gasteiger partial charge in [-0.25, -0.2) is 4.98 Å². The standard InChI is InChI=1S/C17H17ClN2O/c1-21-14-7-8-15-16(11-14)20(17(12-18)19-15)10-9-13-5-3-2-4-6-13/h2-8,11H,9-10,12H2,1H3. The quantitative estimate of drug-likeness (QED) is 0.665. The third-order valence-corrected chi connectivity index (χ3v) is 3.86. The molecule has 3 aromatic rings. The first-order valence-corrected chi connectivity index (χ1v) is 7.48. The Balaban J connectivity index is 1.95. The lowest BCUT2D eigenvalue weighted by Crippen LogP contribution is -2.05. The molecule has 0 saturated heterocycles. The summed E-state index contributed by atoms with van der Waals surface area (Å²) < 4.78 is 7.49. The summed E-state index contributed by atoms with van der Waals surface area (Å²) in [6.45, 7) is 0.857. The van der Waals surface area contributed by atoms with Crippen LogP contribution < -0.4 is 4.74 Å². The van der Waals surface area contributed by atoms with Crippen molar-refractivity contribution in [3.8, 4) is 5.75 Å². The molecule has 21 heavy (non-hydrogen) atoms. The monoisotopic (exact) mass is 300 g/mol. The van der Waals surface area contributed by atoms with Crippen LogP contribution in [0, 0.1) is 0 Å². The van der Waals surface area contributed by atoms with E-state index in [2.05, 4.69) is 33.8 Å². The summed E-state index contributed by atoms with van der Waals surface area (Å²) >= 11 is 6.04. The average Bonchev–Trinajstić information content (AvgIpc) is 2.90. The zero-order valence-corrected chi connectivity index (χ0v) is 12.7. The van der Waals surface area contributed by atoms with Crippen LogP contribution in [-0.2, 0) is 18.8 Å². The summed E-state index contributed by atoms with van der Waals surface area (Å²) in [5.41, 5.74) is 3.34. The summed E-state index contributed by atoms with van der Waals surface area (Å²) in [5, 5.41) is 0. The number of hydrogen-bond acceptors (Lipinski definition) is 2. The van der Waals surface area contributed by atoms with E-state index in [1.807, 2.05) is 24.3 Å². The molecule has 2 aromatic carbocycles. The summed E-state index contributed by atoms with van der Waals surface area (Å²) in [4.78, 5) is 4.59. The summed E-state index contributed by atoms with van der Waals surface area (Å²) in [6, 6.07) is 16.4. The third kappa shape index (κ3) is 2.88. The molecular formula is C17H17ClN2O. The van der Waals surface area contributed by atoms with Gasteiger partial charge in [-0.15, -0.1) is 11.6 Å². The van der Waals surface area contributed by atoms with Gasteiger partial charge in [0.05, 0.1) is 24.0 Å². The maximum Gasteiger partial charge on any atom is 0.124 e. The molecule has 0 aliphatic rings. The van der Waals surface area contributed by atoms with Gasteiger partial charge in [0.15, 0.2) is 0 Å². The number of aromatic nitrogens is 2. The zero-order valence-electron chi connectivity index (χ0n) is 11.9. The maximum absolute atomic E-state index is 6.04. The summed E-state index contributed by atoms with van der Waals surface area (Å²) in [7, 11) is 1.67. The number of rotatable bonds is 5. The van der Waals surface area contributed by atoms with Crippen molar-refractivity contribution in [2.75, 3.05) is 7.11 Å². The van der Waals surface area contributed by atoms with Crippen LogP contribution in [0.5, 0.6) is 5.75 Å². The van der Waals surface area contributed by atoms with E-state index in [4.69, 9.17) is 16.3 Å². The Morgan fingerprint density at radius 3 is 2.67 bits per heavy atom. The first kappa shape index (κ1) is 14.0. The van der Waals surface area contributed by atoms with Crippen molar-refractivity contribution in [1.82, 2.24) is 9.55 Å². The molecule has 0 aliphatic heterocycles. The zero-order chi connectivity index (χ0) is 14.7. The van der Waals surface area contributed by atoms with Crippen molar-refractivity contribution < 1.29 is 4.74 Å². The Bertz CT molecular complexity index is 737. The molecular weight excluding hydrogens is 284 g/mol. The molecule has 0 spiro atoms. The van der Waals surface area contributed by atoms with Crippen molar-refractivity contribution in [3.63, 3.8) is 0 Å². The van der Waals surface area contributed by atoms with Crippen LogP contribution in [0.1, 0.15) is 11.4 Å². The number of halogens is 1. The smallest absolute Gasteiger partial charge is 0.124 e. The van der Waals surface area contributed by atoms with Crippen molar-refractivity contribution in [2.45, 2.75) is 18.8 Å². The molecule has 0 bridgehead atoms. The Morgan fingerprint density at radius 2 is 1.95 bits per heavy atom. The fourth-order valence-corrected chi connectivity index (χ4v) is 2.72. The predicted molar refractivity (Wildman–Crippen MR) is 86.0 cm³/mol. The maximum atomic E-state index is 6.04. The van der Waals surface area contributed by atoms with Gasteiger partial charge in [-0.05, 0) is 24.1 Å². The lowest BCUT2D eigenvalue weighted by Gasteiger charge is -2.08. The summed E-state index contributed by atoms with van der Waals surface area (Å²) in [6.07, 6.45) is 0.952. The summed E-state index contributed by atoms with van der Waals surface area (Å²) in [5.74, 6) is 2.14. The van der Waals surface area contributed by atoms with Crippen molar-refractivity contribution >= 4 is 22.6 Å². The second-order valence-corrected chi connectivity index (χ2v) is 5.17. The second-order valence-electron chi connectivity index (χ2n) is 4.90. The van der Waals surface area contributed by atoms with Gasteiger partial charge < -0.3 is 9.30 Å². The molecule has 0 fully saturated rings. The minimum Gasteiger partial charge on any atom is -0.497 e. The van der Waals surface area contributed by atoms with E-state index in [0.717, 1.165) is 35.6 Å². The Hall–Kier alpha value is -2.00. The topological polar surface area (TPSA) is 27.1 Å². The SMILES string of the molecule is COc1ccc2nc(CCl)n(CCc3ccccc3)c2c1. The van der Waals surface area contributed by atoms with Crippen LogP contribution >= 0.6 is 11.6 Å². The molecule has 0 unspecified atom stereocenters. The molecule has 0 atom stereocenters. The molecule has 3 rings (SSSR count). The van der Waals surface area contributed by atoms with E-state index >= 15 is 0 Å². The number of alkyl halides is 1. The normalized spacial score (nSPS) is 11.0. The lowest BCUT2D eigenvalue weighted by atomic mass is 10.1. The number of aryl methyl sites for hydroxylation is 2. The Kier molecular flexibility index (Phi) is 4.11. The highest BCUT2D eigenvalue weighted by Crippen LogP contribution is 2.23. The van der Waals surface area contributed by atoms with Crippen molar-refractivity contribution in [3.05, 3.63) is 59.9 Å². The highest BCUT2D eigenvalue weighted by Gasteiger charge is 2.10. The van der Waals surface area contributed by atoms with Crippen LogP contribution in [0.25, 0.3) is 11.0 Å². The van der Waals surface area contributed by atoms with E-state index in [-0.39, 0.29) is 0 Å². The highest BCUT2D eigenvalue weighted by molar-refractivity contribution is 6.16. The number of fused-ring (bicyclic) bond motifs is 1. The van der Waals surface area contributed by atoms with E-state index < -0.39 is 0 Å². The number of ether oxygens (including phenoxy) is 1. The highest BCUT2D eigenvalue weighted by atomic mass is 35.5. The molecule has 1 aromatic heterocycles. The van der Waals surface area contributed by atoms with Gasteiger partial charge in [-0.3, -0.25) is 0 Å². The van der Waals surface area contributed by atoms with E-state index in [0.29, 0.717) is 5.88 Å². The number of methoxy groups -OCH3 is 1. The van der Waals surface area contributed by atoms with Crippen molar-refractivity contribution in [1.29, 1.82) is 0 Å². The molecule has 0 aliphatic carbocycles. The van der Waals surface area contributed by atoms with Crippen LogP contribution in [-0.4, -0.2) is 16.7 Å². The minimum atomic E-state index is 0.409. The fraction of sp³-hybridized carbons (Fsp3) is 0.235. The fourth-order valence-electron chi connectivity index (χ4n) is 2.52. The van der Waals surface area contributed by atoms with Crippen LogP contribution in [0.15, 0.2) is 48.5 Å². The van der Waals surface area contributed by atoms with Crippen LogP contribution in [0.4, 0.5) is 0 Å². The van der Waals surface area contributed by atoms with Gasteiger partial charge in [0.25, 0.3) is 0 Å². The van der Waals surface area contributed by atoms with E-state index in [1.54, 1.807) is 7.11 Å². The first-order chi connectivity index (χ1) is 10.3. The van der Waals surface area contributed by atoms with Gasteiger partial charge in [0.1, 0.15) is 11.6 Å². The molecule has 3 nitrogen and oxygen atoms in total. The first-order valence-electron chi connectivity index (χ1n) is 6.95. The van der Waals surface area contributed by atoms with Gasteiger partial charge in [0, 0.05) is 12.6 Å². The molecule has 0 N–H and O–H groups in total. The van der Waals surface area contributed by atoms with Gasteiger partial charge in [-0.1, -0.05) is 30.3 Å². The Morgan fingerprint density at radius 1 is 1.14 bits per heavy atom. The van der Waals surface area contributed by atoms with E-state index in [9.17, 15) is 0 Å². The predicted octanol–water partition coefficient (Wildman–Crippen LogP) is 4.03. The van der Waals surface area contributed by atoms with Crippen LogP contribution in [0.2, 0.25) is 0 Å². The molecule has 0 radical (unpaired) electrons. The molecule has 4 heteroatoms. The number of benzene rings is 2. The average molecular weight is 301 g/mol. The molecule has 1 heterocycles. The lowest BCUT2D eigenvalue weighted by molar-refractivity contribution is 0.415. The van der Waals surface area contributed by atoms with Crippen LogP contribution in [0.3, 0.4) is 0 Å². The van der Waals surface area contributed by atoms with E-state index in [1.165, 1.54) is 5.56 Å². The second kappa shape index (κ2) is 6.19. The molecule has 0 amide bonds. The molecule has 0 saturated carbocycles. The number of hydrogen-bond donors (Lipinski definition) is 0. The van der Waals surface area contributed by atoms with Gasteiger partial charge in [-0.2, -0.15) is 0 Å². The van der Waals surface area contributed by atoms with Crippen molar-refractivity contribution in [2.24, 2.45) is 0 Å². The van der Waals surface area contributed by atoms with Gasteiger partial charge in [0.2, 0.25) is 0 Å². The number of nitrogens with zero attached hydrogens (tertiary/aromatic N) is 2. The third-order valence-electron chi connectivity index (χ3n) is 3.62. The number of imidazole rings is 1. The minimum absolute atomic E-state index is 0.409. The largest absolute Gasteiger partial charge is 0.497 e. The molecule has 108 valence electrons.